The second-order valence-electron chi connectivity index (χ2n) is 9.77. The minimum Gasteiger partial charge on any atom is -0.495 e. The van der Waals surface area contributed by atoms with Crippen molar-refractivity contribution < 1.29 is 22.7 Å². The number of amides is 1. The monoisotopic (exact) mass is 498 g/mol. The molecule has 3 aromatic rings. The number of aryl methyl sites for hydroxylation is 1. The molecule has 2 aliphatic heterocycles. The second kappa shape index (κ2) is 9.28. The van der Waals surface area contributed by atoms with E-state index < -0.39 is 28.9 Å². The van der Waals surface area contributed by atoms with Gasteiger partial charge in [-0.15, -0.1) is 0 Å². The van der Waals surface area contributed by atoms with Crippen molar-refractivity contribution in [2.75, 3.05) is 26.7 Å². The number of benzene rings is 2. The van der Waals surface area contributed by atoms with Gasteiger partial charge < -0.3 is 19.5 Å². The summed E-state index contributed by atoms with van der Waals surface area (Å²) < 4.78 is 49.0. The first kappa shape index (κ1) is 24.4. The highest BCUT2D eigenvalue weighted by Crippen LogP contribution is 2.48. The molecule has 0 aliphatic carbocycles. The molecule has 2 aromatic carbocycles. The van der Waals surface area contributed by atoms with E-state index >= 15 is 0 Å². The molecule has 2 unspecified atom stereocenters. The van der Waals surface area contributed by atoms with Gasteiger partial charge in [-0.1, -0.05) is 6.07 Å². The second-order valence-corrected chi connectivity index (χ2v) is 9.77. The zero-order chi connectivity index (χ0) is 25.6. The highest BCUT2D eigenvalue weighted by molar-refractivity contribution is 5.86. The molecular formula is C27H29F3N4O2. The molecule has 2 fully saturated rings. The standard InChI is InChI=1S/C27H29F3N4O2/c1-16-13-33(15-32-16)23-6-5-18(11-24(23)36-3)20-12-31-14-27(20)7-4-8-34(26(27)35)17(2)19-9-21(28)25(30)22(29)10-19/h5-6,9-11,13,15,17,20,31H,4,7-8,12,14H2,1-3H3/t17-,20?,27?/m0/s1. The van der Waals surface area contributed by atoms with Gasteiger partial charge in [0.15, 0.2) is 17.5 Å². The number of aromatic nitrogens is 2. The predicted molar refractivity (Wildman–Crippen MR) is 129 cm³/mol. The van der Waals surface area contributed by atoms with Crippen molar-refractivity contribution in [3.8, 4) is 11.4 Å². The molecule has 1 aromatic heterocycles. The van der Waals surface area contributed by atoms with Crippen LogP contribution in [0.3, 0.4) is 0 Å². The van der Waals surface area contributed by atoms with E-state index in [4.69, 9.17) is 4.74 Å². The first-order valence-corrected chi connectivity index (χ1v) is 12.1. The maximum absolute atomic E-state index is 14.0. The molecule has 0 bridgehead atoms. The summed E-state index contributed by atoms with van der Waals surface area (Å²) in [5, 5.41) is 3.40. The van der Waals surface area contributed by atoms with Gasteiger partial charge in [-0.2, -0.15) is 0 Å². The Hall–Kier alpha value is -3.33. The molecule has 6 nitrogen and oxygen atoms in total. The summed E-state index contributed by atoms with van der Waals surface area (Å²) in [5.41, 5.74) is 2.28. The van der Waals surface area contributed by atoms with Crippen LogP contribution in [0.15, 0.2) is 42.9 Å². The molecule has 0 radical (unpaired) electrons. The lowest BCUT2D eigenvalue weighted by Gasteiger charge is -2.45. The molecule has 3 atom stereocenters. The van der Waals surface area contributed by atoms with Crippen LogP contribution in [0.4, 0.5) is 13.2 Å². The number of ether oxygens (including phenoxy) is 1. The van der Waals surface area contributed by atoms with Crippen LogP contribution in [0, 0.1) is 29.8 Å². The van der Waals surface area contributed by atoms with Crippen LogP contribution in [-0.2, 0) is 4.79 Å². The Labute approximate surface area is 208 Å². The van der Waals surface area contributed by atoms with E-state index in [0.29, 0.717) is 31.8 Å². The molecular weight excluding hydrogens is 469 g/mol. The van der Waals surface area contributed by atoms with Crippen molar-refractivity contribution >= 4 is 5.91 Å². The predicted octanol–water partition coefficient (Wildman–Crippen LogP) is 4.66. The molecule has 1 N–H and O–H groups in total. The van der Waals surface area contributed by atoms with Gasteiger partial charge in [0.25, 0.3) is 0 Å². The van der Waals surface area contributed by atoms with Crippen LogP contribution in [0.2, 0.25) is 0 Å². The summed E-state index contributed by atoms with van der Waals surface area (Å²) in [7, 11) is 1.62. The van der Waals surface area contributed by atoms with E-state index in [2.05, 4.69) is 10.3 Å². The van der Waals surface area contributed by atoms with Crippen molar-refractivity contribution in [3.63, 3.8) is 0 Å². The van der Waals surface area contributed by atoms with E-state index in [1.54, 1.807) is 25.3 Å². The smallest absolute Gasteiger partial charge is 0.231 e. The van der Waals surface area contributed by atoms with Crippen molar-refractivity contribution in [2.24, 2.45) is 5.41 Å². The molecule has 190 valence electrons. The molecule has 1 amide bonds. The Morgan fingerprint density at radius 2 is 1.94 bits per heavy atom. The third-order valence-electron chi connectivity index (χ3n) is 7.72. The van der Waals surface area contributed by atoms with Gasteiger partial charge in [-0.25, -0.2) is 18.2 Å². The van der Waals surface area contributed by atoms with Crippen molar-refractivity contribution in [1.29, 1.82) is 0 Å². The molecule has 5 rings (SSSR count). The normalized spacial score (nSPS) is 22.9. The fourth-order valence-corrected chi connectivity index (χ4v) is 5.78. The third kappa shape index (κ3) is 3.95. The van der Waals surface area contributed by atoms with Crippen LogP contribution in [0.5, 0.6) is 5.75 Å². The summed E-state index contributed by atoms with van der Waals surface area (Å²) in [6.07, 6.45) is 5.10. The largest absolute Gasteiger partial charge is 0.495 e. The maximum atomic E-state index is 14.0. The molecule has 1 spiro atoms. The Balaban J connectivity index is 1.47. The van der Waals surface area contributed by atoms with E-state index in [-0.39, 0.29) is 17.4 Å². The Morgan fingerprint density at radius 1 is 1.19 bits per heavy atom. The molecule has 3 heterocycles. The van der Waals surface area contributed by atoms with Crippen molar-refractivity contribution in [3.05, 3.63) is 77.1 Å². The van der Waals surface area contributed by atoms with Crippen LogP contribution < -0.4 is 10.1 Å². The number of nitrogens with one attached hydrogen (secondary N) is 1. The molecule has 2 saturated heterocycles. The number of nitrogens with zero attached hydrogens (tertiary/aromatic N) is 3. The topological polar surface area (TPSA) is 59.4 Å². The van der Waals surface area contributed by atoms with E-state index in [1.165, 1.54) is 0 Å². The fourth-order valence-electron chi connectivity index (χ4n) is 5.78. The summed E-state index contributed by atoms with van der Waals surface area (Å²) in [6.45, 7) is 5.25. The zero-order valence-electron chi connectivity index (χ0n) is 20.5. The Kier molecular flexibility index (Phi) is 6.28. The minimum atomic E-state index is -1.50. The van der Waals surface area contributed by atoms with Gasteiger partial charge in [0.1, 0.15) is 5.75 Å². The highest BCUT2D eigenvalue weighted by Gasteiger charge is 2.53. The number of methoxy groups -OCH3 is 1. The molecule has 0 saturated carbocycles. The summed E-state index contributed by atoms with van der Waals surface area (Å²) in [6, 6.07) is 7.32. The lowest BCUT2D eigenvalue weighted by atomic mass is 9.68. The van der Waals surface area contributed by atoms with Crippen LogP contribution >= 0.6 is 0 Å². The van der Waals surface area contributed by atoms with Gasteiger partial charge in [-0.3, -0.25) is 4.79 Å². The quantitative estimate of drug-likeness (QED) is 0.520. The Morgan fingerprint density at radius 3 is 2.61 bits per heavy atom. The van der Waals surface area contributed by atoms with Crippen molar-refractivity contribution in [1.82, 2.24) is 19.8 Å². The number of carbonyl (C=O) groups excluding carboxylic acids is 1. The number of carbonyl (C=O) groups is 1. The van der Waals surface area contributed by atoms with Crippen LogP contribution in [0.25, 0.3) is 5.69 Å². The number of hydrogen-bond acceptors (Lipinski definition) is 4. The van der Waals surface area contributed by atoms with Crippen LogP contribution in [-0.4, -0.2) is 47.1 Å². The number of imidazole rings is 1. The average molecular weight is 499 g/mol. The maximum Gasteiger partial charge on any atom is 0.231 e. The summed E-state index contributed by atoms with van der Waals surface area (Å²) in [4.78, 5) is 20.0. The zero-order valence-corrected chi connectivity index (χ0v) is 20.5. The van der Waals surface area contributed by atoms with Gasteiger partial charge in [0, 0.05) is 31.7 Å². The number of halogens is 3. The molecule has 2 aliphatic rings. The van der Waals surface area contributed by atoms with Gasteiger partial charge in [0.05, 0.1) is 36.3 Å². The lowest BCUT2D eigenvalue weighted by Crippen LogP contribution is -2.52. The average Bonchev–Trinajstić information content (AvgIpc) is 3.50. The van der Waals surface area contributed by atoms with Gasteiger partial charge >= 0.3 is 0 Å². The Bertz CT molecular complexity index is 1290. The number of rotatable bonds is 5. The first-order chi connectivity index (χ1) is 17.2. The SMILES string of the molecule is COc1cc(C2CNCC23CCCN([C@@H](C)c2cc(F)c(F)c(F)c2)C3=O)ccc1-n1cnc(C)c1. The van der Waals surface area contributed by atoms with E-state index in [0.717, 1.165) is 35.5 Å². The van der Waals surface area contributed by atoms with Crippen LogP contribution in [0.1, 0.15) is 48.5 Å². The summed E-state index contributed by atoms with van der Waals surface area (Å²) in [5.74, 6) is -3.49. The lowest BCUT2D eigenvalue weighted by molar-refractivity contribution is -0.148. The molecule has 9 heteroatoms. The van der Waals surface area contributed by atoms with Gasteiger partial charge in [0.2, 0.25) is 5.91 Å². The van der Waals surface area contributed by atoms with E-state index in [9.17, 15) is 18.0 Å². The fraction of sp³-hybridized carbons (Fsp3) is 0.407. The molecule has 36 heavy (non-hydrogen) atoms. The van der Waals surface area contributed by atoms with Crippen molar-refractivity contribution in [2.45, 2.75) is 38.6 Å². The highest BCUT2D eigenvalue weighted by atomic mass is 19.2. The summed E-state index contributed by atoms with van der Waals surface area (Å²) >= 11 is 0. The minimum absolute atomic E-state index is 0.0605. The third-order valence-corrected chi connectivity index (χ3v) is 7.72. The number of piperidine rings is 1. The van der Waals surface area contributed by atoms with Gasteiger partial charge in [-0.05, 0) is 62.1 Å². The number of hydrogen-bond donors (Lipinski definition) is 1. The number of likely N-dealkylation sites (tertiary alicyclic amines) is 1. The first-order valence-electron chi connectivity index (χ1n) is 12.1. The van der Waals surface area contributed by atoms with E-state index in [1.807, 2.05) is 35.9 Å².